The minimum Gasteiger partial charge on any atom is -0.444 e. The van der Waals surface area contributed by atoms with Gasteiger partial charge in [0.1, 0.15) is 5.60 Å². The van der Waals surface area contributed by atoms with Crippen LogP contribution in [0, 0.1) is 5.92 Å². The number of likely N-dealkylation sites (tertiary alicyclic amines) is 1. The van der Waals surface area contributed by atoms with Gasteiger partial charge in [-0.1, -0.05) is 41.5 Å². The smallest absolute Gasteiger partial charge is 0.410 e. The van der Waals surface area contributed by atoms with Gasteiger partial charge in [0, 0.05) is 25.6 Å². The lowest BCUT2D eigenvalue weighted by atomic mass is 9.82. The molecule has 0 aromatic carbocycles. The molecule has 0 radical (unpaired) electrons. The summed E-state index contributed by atoms with van der Waals surface area (Å²) in [4.78, 5) is 13.8. The van der Waals surface area contributed by atoms with E-state index in [1.807, 2.05) is 62.3 Å². The second-order valence-electron chi connectivity index (χ2n) is 7.05. The molecule has 2 aliphatic rings. The summed E-state index contributed by atoms with van der Waals surface area (Å²) in [5.41, 5.74) is -0.522. The fourth-order valence-corrected chi connectivity index (χ4v) is 2.88. The minimum atomic E-state index is -0.443. The Balaban J connectivity index is 0. The number of carbonyl (C=O) groups is 1. The quantitative estimate of drug-likeness (QED) is 0.679. The summed E-state index contributed by atoms with van der Waals surface area (Å²) in [6.07, 6.45) is 3.51. The molecule has 0 bridgehead atoms. The molecular formula is C21H45NO4. The van der Waals surface area contributed by atoms with Gasteiger partial charge in [0.15, 0.2) is 0 Å². The molecule has 0 aliphatic carbocycles. The zero-order valence-corrected chi connectivity index (χ0v) is 18.9. The monoisotopic (exact) mass is 375 g/mol. The van der Waals surface area contributed by atoms with Crippen molar-refractivity contribution in [2.75, 3.05) is 26.3 Å². The van der Waals surface area contributed by atoms with Crippen LogP contribution in [0.25, 0.3) is 0 Å². The fraction of sp³-hybridized carbons (Fsp3) is 0.952. The number of hydrogen-bond acceptors (Lipinski definition) is 4. The number of aliphatic hydroxyl groups excluding tert-OH is 1. The molecule has 1 spiro atoms. The Morgan fingerprint density at radius 2 is 1.58 bits per heavy atom. The van der Waals surface area contributed by atoms with Crippen LogP contribution < -0.4 is 0 Å². The number of carbonyl (C=O) groups excluding carboxylic acids is 1. The average Bonchev–Trinajstić information content (AvgIpc) is 2.66. The Labute approximate surface area is 162 Å². The van der Waals surface area contributed by atoms with Gasteiger partial charge in [0.2, 0.25) is 0 Å². The first-order valence-corrected chi connectivity index (χ1v) is 10.6. The molecule has 5 nitrogen and oxygen atoms in total. The summed E-state index contributed by atoms with van der Waals surface area (Å²) in [5, 5.41) is 9.15. The van der Waals surface area contributed by atoms with E-state index in [1.165, 1.54) is 0 Å². The standard InChI is InChI=1S/C15H27NO4.3C2H6/c1-14(2,3)20-13(18)16-8-6-15(7-9-16)5-4-12(10-17)11-19-15;3*1-2/h12,17H,4-11H2,1-3H3;3*1-2H3. The van der Waals surface area contributed by atoms with Crippen molar-refractivity contribution in [1.29, 1.82) is 0 Å². The molecule has 2 rings (SSSR count). The molecule has 158 valence electrons. The third-order valence-corrected chi connectivity index (χ3v) is 4.22. The fourth-order valence-electron chi connectivity index (χ4n) is 2.88. The lowest BCUT2D eigenvalue weighted by Gasteiger charge is -2.45. The van der Waals surface area contributed by atoms with Crippen molar-refractivity contribution < 1.29 is 19.4 Å². The topological polar surface area (TPSA) is 59.0 Å². The Hall–Kier alpha value is -0.810. The number of aliphatic hydroxyl groups is 1. The molecule has 1 unspecified atom stereocenters. The number of amides is 1. The molecule has 5 heteroatoms. The molecule has 0 aromatic heterocycles. The molecule has 2 aliphatic heterocycles. The predicted molar refractivity (Wildman–Crippen MR) is 110 cm³/mol. The molecule has 2 saturated heterocycles. The van der Waals surface area contributed by atoms with E-state index in [2.05, 4.69) is 0 Å². The van der Waals surface area contributed by atoms with Gasteiger partial charge >= 0.3 is 6.09 Å². The zero-order valence-electron chi connectivity index (χ0n) is 18.9. The Morgan fingerprint density at radius 3 is 1.92 bits per heavy atom. The van der Waals surface area contributed by atoms with E-state index in [0.29, 0.717) is 19.7 Å². The van der Waals surface area contributed by atoms with E-state index in [1.54, 1.807) is 4.90 Å². The first-order chi connectivity index (χ1) is 12.3. The maximum Gasteiger partial charge on any atom is 0.410 e. The van der Waals surface area contributed by atoms with E-state index in [-0.39, 0.29) is 24.2 Å². The number of rotatable bonds is 1. The van der Waals surface area contributed by atoms with Crippen molar-refractivity contribution in [3.63, 3.8) is 0 Å². The third-order valence-electron chi connectivity index (χ3n) is 4.22. The first kappa shape index (κ1) is 27.4. The van der Waals surface area contributed by atoms with Crippen molar-refractivity contribution in [3.05, 3.63) is 0 Å². The normalized spacial score (nSPS) is 21.2. The van der Waals surface area contributed by atoms with Crippen LogP contribution in [-0.4, -0.2) is 53.6 Å². The summed E-state index contributed by atoms with van der Waals surface area (Å²) in [5.74, 6) is 0.282. The average molecular weight is 376 g/mol. The molecule has 1 amide bonds. The van der Waals surface area contributed by atoms with Crippen LogP contribution in [0.2, 0.25) is 0 Å². The van der Waals surface area contributed by atoms with Crippen LogP contribution in [0.3, 0.4) is 0 Å². The van der Waals surface area contributed by atoms with Gasteiger partial charge in [0.25, 0.3) is 0 Å². The molecular weight excluding hydrogens is 330 g/mol. The van der Waals surface area contributed by atoms with Gasteiger partial charge in [-0.2, -0.15) is 0 Å². The van der Waals surface area contributed by atoms with Gasteiger partial charge in [-0.25, -0.2) is 4.79 Å². The SMILES string of the molecule is CC.CC.CC.CC(C)(C)OC(=O)N1CCC2(CCC(CO)CO2)CC1. The molecule has 0 aromatic rings. The van der Waals surface area contributed by atoms with Crippen molar-refractivity contribution in [3.8, 4) is 0 Å². The van der Waals surface area contributed by atoms with E-state index in [9.17, 15) is 4.79 Å². The second kappa shape index (κ2) is 14.3. The van der Waals surface area contributed by atoms with Crippen LogP contribution in [0.1, 0.15) is 88.0 Å². The molecule has 2 fully saturated rings. The lowest BCUT2D eigenvalue weighted by molar-refractivity contribution is -0.133. The highest BCUT2D eigenvalue weighted by Gasteiger charge is 2.40. The van der Waals surface area contributed by atoms with Gasteiger partial charge in [0.05, 0.1) is 12.2 Å². The van der Waals surface area contributed by atoms with Crippen LogP contribution >= 0.6 is 0 Å². The predicted octanol–water partition coefficient (Wildman–Crippen LogP) is 5.25. The maximum absolute atomic E-state index is 12.0. The molecule has 2 heterocycles. The Bertz CT molecular complexity index is 334. The second-order valence-corrected chi connectivity index (χ2v) is 7.05. The van der Waals surface area contributed by atoms with Crippen molar-refractivity contribution in [2.45, 2.75) is 99.2 Å². The summed E-state index contributed by atoms with van der Waals surface area (Å²) in [7, 11) is 0. The number of hydrogen-bond donors (Lipinski definition) is 1. The third kappa shape index (κ3) is 9.77. The van der Waals surface area contributed by atoms with Crippen LogP contribution in [0.5, 0.6) is 0 Å². The van der Waals surface area contributed by atoms with Crippen molar-refractivity contribution >= 4 is 6.09 Å². The lowest BCUT2D eigenvalue weighted by Crippen LogP contribution is -2.51. The molecule has 1 atom stereocenters. The van der Waals surface area contributed by atoms with E-state index in [0.717, 1.165) is 25.7 Å². The highest BCUT2D eigenvalue weighted by molar-refractivity contribution is 5.68. The van der Waals surface area contributed by atoms with Crippen LogP contribution in [-0.2, 0) is 9.47 Å². The van der Waals surface area contributed by atoms with Gasteiger partial charge in [-0.15, -0.1) is 0 Å². The summed E-state index contributed by atoms with van der Waals surface area (Å²) in [6.45, 7) is 19.9. The maximum atomic E-state index is 12.0. The minimum absolute atomic E-state index is 0.0792. The largest absolute Gasteiger partial charge is 0.444 e. The van der Waals surface area contributed by atoms with Crippen LogP contribution in [0.4, 0.5) is 4.79 Å². The summed E-state index contributed by atoms with van der Waals surface area (Å²) in [6, 6.07) is 0. The number of ether oxygens (including phenoxy) is 2. The molecule has 1 N–H and O–H groups in total. The van der Waals surface area contributed by atoms with Crippen molar-refractivity contribution in [1.82, 2.24) is 4.90 Å². The first-order valence-electron chi connectivity index (χ1n) is 10.6. The number of piperidine rings is 1. The Kier molecular flexibility index (Phi) is 15.0. The van der Waals surface area contributed by atoms with Crippen LogP contribution in [0.15, 0.2) is 0 Å². The van der Waals surface area contributed by atoms with Crippen molar-refractivity contribution in [2.24, 2.45) is 5.92 Å². The highest BCUT2D eigenvalue weighted by atomic mass is 16.6. The summed E-state index contributed by atoms with van der Waals surface area (Å²) < 4.78 is 11.4. The Morgan fingerprint density at radius 1 is 1.08 bits per heavy atom. The zero-order chi connectivity index (χ0) is 20.8. The van der Waals surface area contributed by atoms with E-state index in [4.69, 9.17) is 14.6 Å². The van der Waals surface area contributed by atoms with Gasteiger partial charge in [-0.3, -0.25) is 0 Å². The van der Waals surface area contributed by atoms with Gasteiger partial charge in [-0.05, 0) is 46.5 Å². The number of nitrogens with zero attached hydrogens (tertiary/aromatic N) is 1. The van der Waals surface area contributed by atoms with Gasteiger partial charge < -0.3 is 19.5 Å². The van der Waals surface area contributed by atoms with E-state index >= 15 is 0 Å². The summed E-state index contributed by atoms with van der Waals surface area (Å²) >= 11 is 0. The molecule has 0 saturated carbocycles. The highest BCUT2D eigenvalue weighted by Crippen LogP contribution is 2.36. The van der Waals surface area contributed by atoms with E-state index < -0.39 is 5.60 Å². The molecule has 26 heavy (non-hydrogen) atoms.